The van der Waals surface area contributed by atoms with Gasteiger partial charge in [-0.2, -0.15) is 5.26 Å². The monoisotopic (exact) mass is 341 g/mol. The van der Waals surface area contributed by atoms with Gasteiger partial charge in [-0.25, -0.2) is 9.37 Å². The molecular formula is C18H16FN3OS. The number of benzene rings is 1. The minimum absolute atomic E-state index is 0.150. The van der Waals surface area contributed by atoms with Crippen LogP contribution in [0.5, 0.6) is 0 Å². The molecule has 2 aromatic rings. The maximum Gasteiger partial charge on any atom is 0.234 e. The number of halogens is 1. The van der Waals surface area contributed by atoms with Crippen LogP contribution in [0.25, 0.3) is 0 Å². The quantitative estimate of drug-likeness (QED) is 0.863. The summed E-state index contributed by atoms with van der Waals surface area (Å²) in [5.74, 6) is -0.390. The Labute approximate surface area is 144 Å². The summed E-state index contributed by atoms with van der Waals surface area (Å²) in [6, 6.07) is 8.27. The maximum atomic E-state index is 13.1. The lowest BCUT2D eigenvalue weighted by Crippen LogP contribution is -2.15. The molecule has 0 unspecified atom stereocenters. The lowest BCUT2D eigenvalue weighted by atomic mass is 10.2. The van der Waals surface area contributed by atoms with Crippen molar-refractivity contribution in [2.45, 2.75) is 31.2 Å². The summed E-state index contributed by atoms with van der Waals surface area (Å²) in [6.45, 7) is 1.74. The van der Waals surface area contributed by atoms with Gasteiger partial charge in [0.1, 0.15) is 16.9 Å². The minimum Gasteiger partial charge on any atom is -0.325 e. The molecule has 4 nitrogen and oxygen atoms in total. The van der Waals surface area contributed by atoms with Crippen LogP contribution < -0.4 is 5.32 Å². The third-order valence-electron chi connectivity index (χ3n) is 3.94. The van der Waals surface area contributed by atoms with E-state index in [2.05, 4.69) is 16.4 Å². The SMILES string of the molecule is Cc1cc(F)ccc1NC(=O)CSc1nc2c(cc1C#N)CCC2. The molecule has 0 radical (unpaired) electrons. The van der Waals surface area contributed by atoms with Crippen LogP contribution in [0.4, 0.5) is 10.1 Å². The highest BCUT2D eigenvalue weighted by Gasteiger charge is 2.17. The number of hydrogen-bond donors (Lipinski definition) is 1. The lowest BCUT2D eigenvalue weighted by molar-refractivity contribution is -0.113. The zero-order valence-electron chi connectivity index (χ0n) is 13.2. The van der Waals surface area contributed by atoms with Gasteiger partial charge in [-0.3, -0.25) is 4.79 Å². The predicted octanol–water partition coefficient (Wildman–Crippen LogP) is 3.62. The molecule has 0 saturated heterocycles. The fraction of sp³-hybridized carbons (Fsp3) is 0.278. The number of nitrogens with one attached hydrogen (secondary N) is 1. The van der Waals surface area contributed by atoms with Gasteiger partial charge in [0.15, 0.2) is 0 Å². The van der Waals surface area contributed by atoms with E-state index < -0.39 is 0 Å². The molecule has 1 aliphatic rings. The van der Waals surface area contributed by atoms with E-state index in [0.717, 1.165) is 30.5 Å². The van der Waals surface area contributed by atoms with Crippen LogP contribution in [0.2, 0.25) is 0 Å². The topological polar surface area (TPSA) is 65.8 Å². The average molecular weight is 341 g/mol. The molecule has 1 amide bonds. The smallest absolute Gasteiger partial charge is 0.234 e. The number of carbonyl (C=O) groups is 1. The van der Waals surface area contributed by atoms with Crippen LogP contribution in [0, 0.1) is 24.1 Å². The molecule has 122 valence electrons. The first-order valence-electron chi connectivity index (χ1n) is 7.68. The molecule has 1 aliphatic carbocycles. The van der Waals surface area contributed by atoms with Gasteiger partial charge in [0.05, 0.1) is 11.3 Å². The number of fused-ring (bicyclic) bond motifs is 1. The van der Waals surface area contributed by atoms with Gasteiger partial charge in [0, 0.05) is 11.4 Å². The third kappa shape index (κ3) is 3.57. The van der Waals surface area contributed by atoms with E-state index in [4.69, 9.17) is 0 Å². The summed E-state index contributed by atoms with van der Waals surface area (Å²) in [6.07, 6.45) is 2.95. The number of pyridine rings is 1. The number of aryl methyl sites for hydroxylation is 3. The summed E-state index contributed by atoms with van der Waals surface area (Å²) < 4.78 is 13.1. The molecule has 1 aromatic carbocycles. The Morgan fingerprint density at radius 3 is 3.00 bits per heavy atom. The van der Waals surface area contributed by atoms with Crippen molar-refractivity contribution in [3.05, 3.63) is 52.5 Å². The zero-order chi connectivity index (χ0) is 17.1. The van der Waals surface area contributed by atoms with Crippen molar-refractivity contribution in [2.24, 2.45) is 0 Å². The predicted molar refractivity (Wildman–Crippen MR) is 91.5 cm³/mol. The Morgan fingerprint density at radius 1 is 1.42 bits per heavy atom. The molecule has 24 heavy (non-hydrogen) atoms. The number of carbonyl (C=O) groups excluding carboxylic acids is 1. The Kier molecular flexibility index (Phi) is 4.81. The standard InChI is InChI=1S/C18H16FN3OS/c1-11-7-14(19)5-6-15(11)21-17(23)10-24-18-13(9-20)8-12-3-2-4-16(12)22-18/h5-8H,2-4,10H2,1H3,(H,21,23). The molecule has 0 bridgehead atoms. The number of rotatable bonds is 4. The number of aromatic nitrogens is 1. The number of hydrogen-bond acceptors (Lipinski definition) is 4. The highest BCUT2D eigenvalue weighted by atomic mass is 32.2. The number of thioether (sulfide) groups is 1. The Hall–Kier alpha value is -2.39. The summed E-state index contributed by atoms with van der Waals surface area (Å²) in [5, 5.41) is 12.6. The Balaban J connectivity index is 1.67. The fourth-order valence-corrected chi connectivity index (χ4v) is 3.51. The van der Waals surface area contributed by atoms with E-state index in [-0.39, 0.29) is 17.5 Å². The van der Waals surface area contributed by atoms with Crippen molar-refractivity contribution >= 4 is 23.4 Å². The Bertz CT molecular complexity index is 845. The second-order valence-corrected chi connectivity index (χ2v) is 6.67. The van der Waals surface area contributed by atoms with Crippen LogP contribution in [-0.4, -0.2) is 16.6 Å². The number of amides is 1. The number of nitriles is 1. The molecule has 6 heteroatoms. The molecule has 0 atom stereocenters. The second kappa shape index (κ2) is 7.02. The van der Waals surface area contributed by atoms with Crippen molar-refractivity contribution in [2.75, 3.05) is 11.1 Å². The summed E-state index contributed by atoms with van der Waals surface area (Å²) in [4.78, 5) is 16.7. The first-order valence-corrected chi connectivity index (χ1v) is 8.67. The molecule has 0 spiro atoms. The van der Waals surface area contributed by atoms with Crippen LogP contribution in [0.3, 0.4) is 0 Å². The maximum absolute atomic E-state index is 13.1. The van der Waals surface area contributed by atoms with Crippen LogP contribution in [0.15, 0.2) is 29.3 Å². The van der Waals surface area contributed by atoms with Crippen molar-refractivity contribution in [1.82, 2.24) is 4.98 Å². The molecule has 3 rings (SSSR count). The molecule has 0 fully saturated rings. The van der Waals surface area contributed by atoms with Crippen LogP contribution >= 0.6 is 11.8 Å². The highest BCUT2D eigenvalue weighted by molar-refractivity contribution is 8.00. The van der Waals surface area contributed by atoms with Crippen LogP contribution in [0.1, 0.15) is 28.8 Å². The van der Waals surface area contributed by atoms with Gasteiger partial charge in [-0.05, 0) is 61.6 Å². The van der Waals surface area contributed by atoms with Crippen molar-refractivity contribution < 1.29 is 9.18 Å². The van der Waals surface area contributed by atoms with Gasteiger partial charge >= 0.3 is 0 Å². The fourth-order valence-electron chi connectivity index (χ4n) is 2.73. The lowest BCUT2D eigenvalue weighted by Gasteiger charge is -2.09. The average Bonchev–Trinajstić information content (AvgIpc) is 3.01. The molecule has 1 aromatic heterocycles. The molecule has 0 aliphatic heterocycles. The number of anilines is 1. The van der Waals surface area contributed by atoms with E-state index in [0.29, 0.717) is 21.8 Å². The third-order valence-corrected chi connectivity index (χ3v) is 4.93. The molecular weight excluding hydrogens is 325 g/mol. The summed E-state index contributed by atoms with van der Waals surface area (Å²) in [7, 11) is 0. The summed E-state index contributed by atoms with van der Waals surface area (Å²) >= 11 is 1.25. The first kappa shape index (κ1) is 16.5. The first-order chi connectivity index (χ1) is 11.6. The summed E-state index contributed by atoms with van der Waals surface area (Å²) in [5.41, 5.74) is 3.95. The Morgan fingerprint density at radius 2 is 2.25 bits per heavy atom. The van der Waals surface area contributed by atoms with E-state index in [9.17, 15) is 14.4 Å². The van der Waals surface area contributed by atoms with Gasteiger partial charge in [0.25, 0.3) is 0 Å². The molecule has 1 heterocycles. The van der Waals surface area contributed by atoms with E-state index in [1.807, 2.05) is 6.07 Å². The van der Waals surface area contributed by atoms with Gasteiger partial charge in [-0.1, -0.05) is 11.8 Å². The highest BCUT2D eigenvalue weighted by Crippen LogP contribution is 2.28. The normalized spacial score (nSPS) is 12.5. The van der Waals surface area contributed by atoms with Gasteiger partial charge in [0.2, 0.25) is 5.91 Å². The number of nitrogens with zero attached hydrogens (tertiary/aromatic N) is 2. The van der Waals surface area contributed by atoms with Crippen molar-refractivity contribution in [3.8, 4) is 6.07 Å². The largest absolute Gasteiger partial charge is 0.325 e. The van der Waals surface area contributed by atoms with Gasteiger partial charge in [-0.15, -0.1) is 0 Å². The van der Waals surface area contributed by atoms with Crippen molar-refractivity contribution in [1.29, 1.82) is 5.26 Å². The minimum atomic E-state index is -0.333. The van der Waals surface area contributed by atoms with E-state index in [1.54, 1.807) is 13.0 Å². The molecule has 1 N–H and O–H groups in total. The van der Waals surface area contributed by atoms with E-state index >= 15 is 0 Å². The van der Waals surface area contributed by atoms with Crippen molar-refractivity contribution in [3.63, 3.8) is 0 Å². The van der Waals surface area contributed by atoms with E-state index in [1.165, 1.54) is 23.9 Å². The van der Waals surface area contributed by atoms with Crippen LogP contribution in [-0.2, 0) is 17.6 Å². The second-order valence-electron chi connectivity index (χ2n) is 5.71. The zero-order valence-corrected chi connectivity index (χ0v) is 14.0. The van der Waals surface area contributed by atoms with Gasteiger partial charge < -0.3 is 5.32 Å². The molecule has 0 saturated carbocycles.